The van der Waals surface area contributed by atoms with Crippen LogP contribution in [0, 0.1) is 6.92 Å². The Hall–Kier alpha value is -4.77. The van der Waals surface area contributed by atoms with E-state index < -0.39 is 6.09 Å². The third-order valence-electron chi connectivity index (χ3n) is 5.90. The highest BCUT2D eigenvalue weighted by Gasteiger charge is 2.15. The van der Waals surface area contributed by atoms with Crippen molar-refractivity contribution in [2.75, 3.05) is 11.9 Å². The minimum Gasteiger partial charge on any atom is -0.465 e. The molecule has 12 heteroatoms. The van der Waals surface area contributed by atoms with Crippen LogP contribution in [0.25, 0.3) is 28.1 Å². The highest BCUT2D eigenvalue weighted by Crippen LogP contribution is 2.29. The zero-order valence-electron chi connectivity index (χ0n) is 19.8. The minimum atomic E-state index is -1.06. The zero-order valence-corrected chi connectivity index (χ0v) is 20.6. The molecule has 11 nitrogen and oxygen atoms in total. The fraction of sp³-hybridized carbons (Fsp3) is 0.120. The van der Waals surface area contributed by atoms with Gasteiger partial charge in [-0.05, 0) is 53.2 Å². The molecule has 0 bridgehead atoms. The quantitative estimate of drug-likeness (QED) is 0.348. The highest BCUT2D eigenvalue weighted by atomic mass is 35.5. The Bertz CT molecular complexity index is 1640. The molecule has 5 rings (SSSR count). The summed E-state index contributed by atoms with van der Waals surface area (Å²) < 4.78 is 3.08. The number of nitrogens with zero attached hydrogens (tertiary/aromatic N) is 7. The van der Waals surface area contributed by atoms with Crippen LogP contribution in [0.4, 0.5) is 10.5 Å². The number of imidazole rings is 1. The Morgan fingerprint density at radius 2 is 1.89 bits per heavy atom. The van der Waals surface area contributed by atoms with Crippen molar-refractivity contribution in [2.45, 2.75) is 13.5 Å². The molecule has 0 saturated carbocycles. The number of amides is 1. The van der Waals surface area contributed by atoms with E-state index in [1.807, 2.05) is 31.2 Å². The topological polar surface area (TPSA) is 135 Å². The van der Waals surface area contributed by atoms with Gasteiger partial charge < -0.3 is 14.7 Å². The molecule has 5 aromatic rings. The lowest BCUT2D eigenvalue weighted by molar-refractivity contribution is 0.203. The number of hydrogen-bond acceptors (Lipinski definition) is 6. The molecule has 37 heavy (non-hydrogen) atoms. The van der Waals surface area contributed by atoms with Gasteiger partial charge in [-0.1, -0.05) is 35.4 Å². The van der Waals surface area contributed by atoms with E-state index in [2.05, 4.69) is 25.5 Å². The van der Waals surface area contributed by atoms with Crippen LogP contribution in [0.15, 0.2) is 71.9 Å². The number of halogens is 1. The smallest absolute Gasteiger partial charge is 0.411 e. The van der Waals surface area contributed by atoms with Crippen LogP contribution in [-0.2, 0) is 6.54 Å². The van der Waals surface area contributed by atoms with Crippen molar-refractivity contribution < 1.29 is 9.90 Å². The Balaban J connectivity index is 1.41. The fourth-order valence-electron chi connectivity index (χ4n) is 3.94. The fourth-order valence-corrected chi connectivity index (χ4v) is 4.20. The molecule has 1 amide bonds. The van der Waals surface area contributed by atoms with E-state index >= 15 is 0 Å². The van der Waals surface area contributed by atoms with Crippen molar-refractivity contribution >= 4 is 23.4 Å². The largest absolute Gasteiger partial charge is 0.465 e. The summed E-state index contributed by atoms with van der Waals surface area (Å²) in [5.41, 5.74) is 4.90. The van der Waals surface area contributed by atoms with Crippen molar-refractivity contribution in [2.24, 2.45) is 0 Å². The van der Waals surface area contributed by atoms with E-state index in [0.29, 0.717) is 27.9 Å². The number of benzene rings is 2. The van der Waals surface area contributed by atoms with Gasteiger partial charge in [-0.25, -0.2) is 9.78 Å². The second-order valence-corrected chi connectivity index (χ2v) is 8.77. The Kier molecular flexibility index (Phi) is 6.28. The van der Waals surface area contributed by atoms with E-state index in [0.717, 1.165) is 27.3 Å². The van der Waals surface area contributed by atoms with Crippen molar-refractivity contribution in [3.63, 3.8) is 0 Å². The van der Waals surface area contributed by atoms with Crippen LogP contribution in [0.2, 0.25) is 5.15 Å². The normalized spacial score (nSPS) is 11.0. The Morgan fingerprint density at radius 1 is 1.11 bits per heavy atom. The molecule has 0 radical (unpaired) electrons. The third kappa shape index (κ3) is 4.84. The van der Waals surface area contributed by atoms with E-state index in [1.54, 1.807) is 41.2 Å². The molecule has 3 aromatic heterocycles. The summed E-state index contributed by atoms with van der Waals surface area (Å²) in [6, 6.07) is 16.1. The number of anilines is 1. The van der Waals surface area contributed by atoms with Crippen LogP contribution in [-0.4, -0.2) is 53.0 Å². The highest BCUT2D eigenvalue weighted by molar-refractivity contribution is 6.31. The first-order valence-corrected chi connectivity index (χ1v) is 11.5. The van der Waals surface area contributed by atoms with Crippen molar-refractivity contribution in [1.29, 1.82) is 0 Å². The molecule has 0 aliphatic carbocycles. The number of nitrogens with one attached hydrogen (secondary N) is 1. The molecule has 0 atom stereocenters. The average Bonchev–Trinajstić information content (AvgIpc) is 3.55. The molecule has 0 fully saturated rings. The van der Waals surface area contributed by atoms with Crippen LogP contribution < -0.4 is 10.5 Å². The van der Waals surface area contributed by atoms with Gasteiger partial charge in [0.2, 0.25) is 0 Å². The summed E-state index contributed by atoms with van der Waals surface area (Å²) in [5.74, 6) is 0.506. The lowest BCUT2D eigenvalue weighted by Crippen LogP contribution is -2.23. The first-order valence-electron chi connectivity index (χ1n) is 11.2. The summed E-state index contributed by atoms with van der Waals surface area (Å²) in [6.07, 6.45) is 2.15. The number of carboxylic acid groups (broad SMARTS) is 1. The van der Waals surface area contributed by atoms with E-state index in [9.17, 15) is 9.59 Å². The van der Waals surface area contributed by atoms with Crippen molar-refractivity contribution in [3.8, 4) is 28.1 Å². The van der Waals surface area contributed by atoms with Crippen LogP contribution in [0.1, 0.15) is 11.4 Å². The number of rotatable bonds is 6. The summed E-state index contributed by atoms with van der Waals surface area (Å²) >= 11 is 6.40. The van der Waals surface area contributed by atoms with Gasteiger partial charge in [-0.2, -0.15) is 4.68 Å². The third-order valence-corrected chi connectivity index (χ3v) is 6.17. The average molecular weight is 517 g/mol. The molecular formula is C25H21ClN8O3. The molecule has 3 heterocycles. The summed E-state index contributed by atoms with van der Waals surface area (Å²) in [7, 11) is 1.46. The van der Waals surface area contributed by atoms with Gasteiger partial charge in [0.15, 0.2) is 0 Å². The van der Waals surface area contributed by atoms with Gasteiger partial charge in [0.05, 0.1) is 12.2 Å². The van der Waals surface area contributed by atoms with Gasteiger partial charge >= 0.3 is 6.09 Å². The number of carbonyl (C=O) groups is 1. The molecule has 0 aliphatic rings. The van der Waals surface area contributed by atoms with Gasteiger partial charge in [-0.15, -0.1) is 5.10 Å². The van der Waals surface area contributed by atoms with Gasteiger partial charge in [0.25, 0.3) is 5.56 Å². The number of pyridine rings is 1. The zero-order chi connectivity index (χ0) is 26.1. The molecular weight excluding hydrogens is 496 g/mol. The maximum atomic E-state index is 13.0. The van der Waals surface area contributed by atoms with Crippen LogP contribution >= 0.6 is 11.6 Å². The number of aryl methyl sites for hydroxylation is 1. The van der Waals surface area contributed by atoms with Crippen LogP contribution in [0.3, 0.4) is 0 Å². The molecule has 0 saturated heterocycles. The number of aromatic amines is 1. The predicted octanol–water partition coefficient (Wildman–Crippen LogP) is 4.01. The van der Waals surface area contributed by atoms with E-state index in [1.165, 1.54) is 17.9 Å². The SMILES string of the molecule is Cc1ccc(-n2cnnn2)c(-c2ccn(Cc3nc(-c4ccc(N(C)C(=O)O)cc4)c(Cl)[nH]3)c(=O)c2)c1. The number of aromatic nitrogens is 7. The van der Waals surface area contributed by atoms with Crippen molar-refractivity contribution in [3.05, 3.63) is 94.0 Å². The Labute approximate surface area is 215 Å². The monoisotopic (exact) mass is 516 g/mol. The van der Waals surface area contributed by atoms with E-state index in [-0.39, 0.29) is 12.1 Å². The lowest BCUT2D eigenvalue weighted by atomic mass is 10.0. The second-order valence-electron chi connectivity index (χ2n) is 8.39. The molecule has 2 aromatic carbocycles. The minimum absolute atomic E-state index is 0.187. The second kappa shape index (κ2) is 9.70. The predicted molar refractivity (Wildman–Crippen MR) is 138 cm³/mol. The molecule has 186 valence electrons. The van der Waals surface area contributed by atoms with Gasteiger partial charge in [-0.3, -0.25) is 9.69 Å². The summed E-state index contributed by atoms with van der Waals surface area (Å²) in [4.78, 5) is 32.9. The van der Waals surface area contributed by atoms with Crippen molar-refractivity contribution in [1.82, 2.24) is 34.7 Å². The van der Waals surface area contributed by atoms with Gasteiger partial charge in [0, 0.05) is 36.1 Å². The molecule has 0 aliphatic heterocycles. The number of hydrogen-bond donors (Lipinski definition) is 2. The summed E-state index contributed by atoms with van der Waals surface area (Å²) in [6.45, 7) is 2.16. The first-order chi connectivity index (χ1) is 17.8. The molecule has 0 unspecified atom stereocenters. The Morgan fingerprint density at radius 3 is 2.57 bits per heavy atom. The number of H-pyrrole nitrogens is 1. The first kappa shape index (κ1) is 23.9. The van der Waals surface area contributed by atoms with Crippen LogP contribution in [0.5, 0.6) is 0 Å². The summed E-state index contributed by atoms with van der Waals surface area (Å²) in [5, 5.41) is 20.8. The maximum Gasteiger partial charge on any atom is 0.411 e. The molecule has 0 spiro atoms. The molecule has 2 N–H and O–H groups in total. The number of tetrazole rings is 1. The lowest BCUT2D eigenvalue weighted by Gasteiger charge is -2.13. The standard InChI is InChI=1S/C25H21ClN8O3/c1-15-3-8-20(34-14-27-30-31-34)19(11-15)17-9-10-33(22(35)12-17)13-21-28-23(24(26)29-21)16-4-6-18(7-5-16)32(2)25(36)37/h3-12,14H,13H2,1-2H3,(H,28,29)(H,36,37). The maximum absolute atomic E-state index is 13.0. The van der Waals surface area contributed by atoms with Gasteiger partial charge in [0.1, 0.15) is 23.0 Å². The van der Waals surface area contributed by atoms with E-state index in [4.69, 9.17) is 16.7 Å².